The summed E-state index contributed by atoms with van der Waals surface area (Å²) < 4.78 is 10.7. The highest BCUT2D eigenvalue weighted by Gasteiger charge is 2.29. The van der Waals surface area contributed by atoms with Crippen LogP contribution in [0.2, 0.25) is 0 Å². The zero-order chi connectivity index (χ0) is 22.2. The average molecular weight is 433 g/mol. The van der Waals surface area contributed by atoms with Crippen molar-refractivity contribution in [2.24, 2.45) is 5.92 Å². The molecule has 8 heteroatoms. The number of aromatic nitrogens is 2. The zero-order valence-corrected chi connectivity index (χ0v) is 19.1. The number of carbonyl (C=O) groups excluding carboxylic acids is 2. The van der Waals surface area contributed by atoms with Gasteiger partial charge in [0.05, 0.1) is 25.5 Å². The van der Waals surface area contributed by atoms with Crippen LogP contribution >= 0.6 is 0 Å². The van der Waals surface area contributed by atoms with Gasteiger partial charge in [-0.05, 0) is 38.5 Å². The Morgan fingerprint density at radius 1 is 1.06 bits per heavy atom. The van der Waals surface area contributed by atoms with Gasteiger partial charge in [0.2, 0.25) is 11.8 Å². The third-order valence-corrected chi connectivity index (χ3v) is 6.47. The number of rotatable bonds is 8. The van der Waals surface area contributed by atoms with Crippen molar-refractivity contribution in [1.29, 1.82) is 0 Å². The highest BCUT2D eigenvalue weighted by atomic mass is 16.5. The monoisotopic (exact) mass is 432 g/mol. The molecule has 0 atom stereocenters. The maximum atomic E-state index is 12.8. The molecule has 2 amide bonds. The summed E-state index contributed by atoms with van der Waals surface area (Å²) in [6, 6.07) is 0. The lowest BCUT2D eigenvalue weighted by molar-refractivity contribution is -0.134. The fraction of sp³-hybridized carbons (Fsp3) is 0.739. The van der Waals surface area contributed by atoms with Crippen LogP contribution in [0.1, 0.15) is 62.0 Å². The molecule has 8 nitrogen and oxygen atoms in total. The first-order valence-corrected chi connectivity index (χ1v) is 11.4. The number of amides is 2. The van der Waals surface area contributed by atoms with Crippen LogP contribution in [0.4, 0.5) is 0 Å². The van der Waals surface area contributed by atoms with Gasteiger partial charge in [0.1, 0.15) is 5.82 Å². The predicted octanol–water partition coefficient (Wildman–Crippen LogP) is 2.30. The second-order valence-electron chi connectivity index (χ2n) is 8.68. The number of nitrogens with zero attached hydrogens (tertiary/aromatic N) is 4. The minimum absolute atomic E-state index is 0.135. The number of aryl methyl sites for hydroxylation is 1. The molecule has 31 heavy (non-hydrogen) atoms. The highest BCUT2D eigenvalue weighted by molar-refractivity contribution is 5.76. The molecule has 2 fully saturated rings. The lowest BCUT2D eigenvalue weighted by Crippen LogP contribution is -2.41. The van der Waals surface area contributed by atoms with E-state index in [2.05, 4.69) is 4.98 Å². The number of ether oxygens (including phenoxy) is 2. The number of methoxy groups -OCH3 is 1. The van der Waals surface area contributed by atoms with Crippen molar-refractivity contribution in [2.75, 3.05) is 46.5 Å². The first-order valence-electron chi connectivity index (χ1n) is 11.4. The molecule has 0 unspecified atom stereocenters. The second-order valence-corrected chi connectivity index (χ2v) is 8.68. The van der Waals surface area contributed by atoms with Gasteiger partial charge in [-0.1, -0.05) is 0 Å². The van der Waals surface area contributed by atoms with Crippen molar-refractivity contribution in [3.8, 4) is 0 Å². The van der Waals surface area contributed by atoms with Crippen LogP contribution in [0.15, 0.2) is 6.20 Å². The second kappa shape index (κ2) is 11.5. The smallest absolute Gasteiger partial charge is 0.222 e. The van der Waals surface area contributed by atoms with Gasteiger partial charge in [0, 0.05) is 64.3 Å². The van der Waals surface area contributed by atoms with Gasteiger partial charge in [0.15, 0.2) is 0 Å². The molecule has 3 heterocycles. The highest BCUT2D eigenvalue weighted by Crippen LogP contribution is 2.30. The van der Waals surface area contributed by atoms with Gasteiger partial charge in [-0.3, -0.25) is 9.59 Å². The molecule has 2 aliphatic heterocycles. The lowest BCUT2D eigenvalue weighted by Gasteiger charge is -2.35. The van der Waals surface area contributed by atoms with E-state index in [9.17, 15) is 9.59 Å². The summed E-state index contributed by atoms with van der Waals surface area (Å²) in [5, 5.41) is 0. The molecule has 1 aromatic heterocycles. The predicted molar refractivity (Wildman–Crippen MR) is 116 cm³/mol. The summed E-state index contributed by atoms with van der Waals surface area (Å²) in [4.78, 5) is 37.3. The first kappa shape index (κ1) is 23.6. The van der Waals surface area contributed by atoms with Crippen molar-refractivity contribution < 1.29 is 19.1 Å². The first-order chi connectivity index (χ1) is 15.0. The van der Waals surface area contributed by atoms with E-state index in [0.29, 0.717) is 38.1 Å². The average Bonchev–Trinajstić information content (AvgIpc) is 2.78. The van der Waals surface area contributed by atoms with Gasteiger partial charge < -0.3 is 19.3 Å². The van der Waals surface area contributed by atoms with Crippen molar-refractivity contribution >= 4 is 11.8 Å². The van der Waals surface area contributed by atoms with Gasteiger partial charge in [-0.2, -0.15) is 0 Å². The van der Waals surface area contributed by atoms with E-state index in [1.54, 1.807) is 14.0 Å². The zero-order valence-electron chi connectivity index (χ0n) is 19.1. The molecule has 0 bridgehead atoms. The quantitative estimate of drug-likeness (QED) is 0.586. The van der Waals surface area contributed by atoms with Crippen LogP contribution in [0, 0.1) is 12.8 Å². The molecule has 0 saturated carbocycles. The molecular formula is C23H36N4O4. The van der Waals surface area contributed by atoms with E-state index in [1.807, 2.05) is 22.9 Å². The van der Waals surface area contributed by atoms with Crippen LogP contribution < -0.4 is 0 Å². The van der Waals surface area contributed by atoms with Gasteiger partial charge in [-0.25, -0.2) is 9.97 Å². The summed E-state index contributed by atoms with van der Waals surface area (Å²) >= 11 is 0. The lowest BCUT2D eigenvalue weighted by atomic mass is 9.89. The van der Waals surface area contributed by atoms with Gasteiger partial charge >= 0.3 is 0 Å². The molecule has 1 aromatic rings. The number of hydrogen-bond donors (Lipinski definition) is 0. The summed E-state index contributed by atoms with van der Waals surface area (Å²) in [6.45, 7) is 8.21. The molecule has 0 aromatic carbocycles. The largest absolute Gasteiger partial charge is 0.382 e. The van der Waals surface area contributed by atoms with Crippen LogP contribution in [0.25, 0.3) is 0 Å². The maximum Gasteiger partial charge on any atom is 0.222 e. The van der Waals surface area contributed by atoms with Crippen molar-refractivity contribution in [3.05, 3.63) is 23.3 Å². The summed E-state index contributed by atoms with van der Waals surface area (Å²) in [5.74, 6) is 1.87. The van der Waals surface area contributed by atoms with Crippen LogP contribution in [-0.4, -0.2) is 78.1 Å². The molecule has 2 aliphatic rings. The fourth-order valence-electron chi connectivity index (χ4n) is 4.53. The third kappa shape index (κ3) is 6.71. The molecule has 0 N–H and O–H groups in total. The Labute approximate surface area is 185 Å². The maximum absolute atomic E-state index is 12.8. The topological polar surface area (TPSA) is 84.9 Å². The molecule has 2 saturated heterocycles. The fourth-order valence-corrected chi connectivity index (χ4v) is 4.53. The number of carbonyl (C=O) groups is 2. The Bertz CT molecular complexity index is 741. The Balaban J connectivity index is 1.49. The minimum Gasteiger partial charge on any atom is -0.382 e. The normalized spacial score (nSPS) is 18.4. The van der Waals surface area contributed by atoms with Crippen LogP contribution in [0.5, 0.6) is 0 Å². The standard InChI is InChI=1S/C23H36N4O4/c1-17-24-15-21(16-31-13-12-30-3)23(25-17)20-6-10-27(11-7-20)22(29)14-19-4-8-26(9-5-19)18(2)28/h15,19-20H,4-14,16H2,1-3H3. The molecule has 0 spiro atoms. The van der Waals surface area contributed by atoms with Crippen molar-refractivity contribution in [3.63, 3.8) is 0 Å². The summed E-state index contributed by atoms with van der Waals surface area (Å²) in [5.41, 5.74) is 2.09. The molecular weight excluding hydrogens is 396 g/mol. The number of likely N-dealkylation sites (tertiary alicyclic amines) is 2. The van der Waals surface area contributed by atoms with Crippen molar-refractivity contribution in [1.82, 2.24) is 19.8 Å². The Kier molecular flexibility index (Phi) is 8.78. The summed E-state index contributed by atoms with van der Waals surface area (Å²) in [6.07, 6.45) is 6.14. The van der Waals surface area contributed by atoms with Crippen molar-refractivity contribution in [2.45, 2.75) is 58.5 Å². The van der Waals surface area contributed by atoms with E-state index in [4.69, 9.17) is 14.5 Å². The Hall–Kier alpha value is -2.06. The molecule has 0 aliphatic carbocycles. The summed E-state index contributed by atoms with van der Waals surface area (Å²) in [7, 11) is 1.66. The van der Waals surface area contributed by atoms with Gasteiger partial charge in [-0.15, -0.1) is 0 Å². The van der Waals surface area contributed by atoms with E-state index >= 15 is 0 Å². The van der Waals surface area contributed by atoms with E-state index in [1.165, 1.54) is 0 Å². The number of piperidine rings is 2. The van der Waals surface area contributed by atoms with Crippen LogP contribution in [0.3, 0.4) is 0 Å². The van der Waals surface area contributed by atoms with E-state index in [0.717, 1.165) is 68.9 Å². The minimum atomic E-state index is 0.135. The number of hydrogen-bond acceptors (Lipinski definition) is 6. The Morgan fingerprint density at radius 3 is 2.39 bits per heavy atom. The Morgan fingerprint density at radius 2 is 1.74 bits per heavy atom. The van der Waals surface area contributed by atoms with Gasteiger partial charge in [0.25, 0.3) is 0 Å². The van der Waals surface area contributed by atoms with E-state index in [-0.39, 0.29) is 11.8 Å². The van der Waals surface area contributed by atoms with Crippen LogP contribution in [-0.2, 0) is 25.7 Å². The van der Waals surface area contributed by atoms with E-state index < -0.39 is 0 Å². The SMILES string of the molecule is COCCOCc1cnc(C)nc1C1CCN(C(=O)CC2CCN(C(C)=O)CC2)CC1. The molecule has 172 valence electrons. The third-order valence-electron chi connectivity index (χ3n) is 6.47. The molecule has 0 radical (unpaired) electrons. The molecule has 3 rings (SSSR count).